The minimum atomic E-state index is 0.0856. The van der Waals surface area contributed by atoms with E-state index in [1.165, 1.54) is 0 Å². The number of hydrogen-bond acceptors (Lipinski definition) is 2. The molecule has 0 radical (unpaired) electrons. The molecule has 0 fully saturated rings. The minimum absolute atomic E-state index is 0.0856. The fourth-order valence-corrected chi connectivity index (χ4v) is 0.994. The Bertz CT molecular complexity index is 202. The Morgan fingerprint density at radius 3 is 2.90 bits per heavy atom. The number of rotatable bonds is 2. The lowest BCUT2D eigenvalue weighted by molar-refractivity contribution is 0.590. The van der Waals surface area contributed by atoms with E-state index >= 15 is 0 Å². The zero-order valence-corrected chi connectivity index (χ0v) is 6.41. The highest BCUT2D eigenvalue weighted by atomic mass is 15.3. The van der Waals surface area contributed by atoms with Crippen molar-refractivity contribution in [3.63, 3.8) is 0 Å². The van der Waals surface area contributed by atoms with Crippen molar-refractivity contribution in [2.75, 3.05) is 0 Å². The van der Waals surface area contributed by atoms with E-state index in [-0.39, 0.29) is 6.04 Å². The molecule has 0 amide bonds. The summed E-state index contributed by atoms with van der Waals surface area (Å²) in [6.07, 6.45) is 1.78. The normalized spacial score (nSPS) is 13.5. The molecular formula is C7H13N3. The maximum atomic E-state index is 5.67. The van der Waals surface area contributed by atoms with Gasteiger partial charge in [-0.1, -0.05) is 0 Å². The molecule has 2 N–H and O–H groups in total. The lowest BCUT2D eigenvalue weighted by Gasteiger charge is -2.06. The lowest BCUT2D eigenvalue weighted by atomic mass is 10.2. The first-order chi connectivity index (χ1) is 4.75. The number of aryl methyl sites for hydroxylation is 1. The molecule has 1 aromatic heterocycles. The van der Waals surface area contributed by atoms with E-state index in [1.54, 1.807) is 6.20 Å². The molecule has 0 bridgehead atoms. The number of nitrogens with two attached hydrogens (primary N) is 1. The molecule has 0 saturated heterocycles. The fraction of sp³-hybridized carbons (Fsp3) is 0.571. The third-order valence-corrected chi connectivity index (χ3v) is 1.52. The van der Waals surface area contributed by atoms with E-state index in [2.05, 4.69) is 12.0 Å². The molecule has 1 aromatic rings. The first-order valence-electron chi connectivity index (χ1n) is 3.53. The average molecular weight is 139 g/mol. The van der Waals surface area contributed by atoms with E-state index < -0.39 is 0 Å². The van der Waals surface area contributed by atoms with Crippen molar-refractivity contribution in [1.82, 2.24) is 9.78 Å². The van der Waals surface area contributed by atoms with E-state index in [4.69, 9.17) is 5.73 Å². The summed E-state index contributed by atoms with van der Waals surface area (Å²) in [5, 5.41) is 4.09. The van der Waals surface area contributed by atoms with Gasteiger partial charge in [0.25, 0.3) is 0 Å². The minimum Gasteiger partial charge on any atom is -0.323 e. The summed E-state index contributed by atoms with van der Waals surface area (Å²) >= 11 is 0. The molecule has 56 valence electrons. The van der Waals surface area contributed by atoms with E-state index in [1.807, 2.05) is 17.7 Å². The van der Waals surface area contributed by atoms with Gasteiger partial charge in [0, 0.05) is 18.8 Å². The van der Waals surface area contributed by atoms with Crippen molar-refractivity contribution in [2.24, 2.45) is 5.73 Å². The molecule has 0 aliphatic heterocycles. The Labute approximate surface area is 60.8 Å². The summed E-state index contributed by atoms with van der Waals surface area (Å²) in [4.78, 5) is 0. The van der Waals surface area contributed by atoms with Crippen molar-refractivity contribution in [3.05, 3.63) is 18.0 Å². The number of hydrogen-bond donors (Lipinski definition) is 1. The maximum Gasteiger partial charge on any atom is 0.0548 e. The van der Waals surface area contributed by atoms with E-state index in [0.29, 0.717) is 0 Å². The molecular weight excluding hydrogens is 126 g/mol. The van der Waals surface area contributed by atoms with Gasteiger partial charge in [-0.15, -0.1) is 0 Å². The third-order valence-electron chi connectivity index (χ3n) is 1.52. The highest BCUT2D eigenvalue weighted by Crippen LogP contribution is 2.07. The predicted octanol–water partition coefficient (Wildman–Crippen LogP) is 0.923. The van der Waals surface area contributed by atoms with Gasteiger partial charge >= 0.3 is 0 Å². The summed E-state index contributed by atoms with van der Waals surface area (Å²) in [6, 6.07) is 2.04. The molecule has 0 spiro atoms. The van der Waals surface area contributed by atoms with Gasteiger partial charge < -0.3 is 5.73 Å². The molecule has 1 atom stereocenters. The van der Waals surface area contributed by atoms with Crippen LogP contribution < -0.4 is 5.73 Å². The van der Waals surface area contributed by atoms with Gasteiger partial charge in [0.1, 0.15) is 0 Å². The van der Waals surface area contributed by atoms with Gasteiger partial charge in [0.15, 0.2) is 0 Å². The van der Waals surface area contributed by atoms with E-state index in [9.17, 15) is 0 Å². The Morgan fingerprint density at radius 2 is 2.50 bits per heavy atom. The van der Waals surface area contributed by atoms with Gasteiger partial charge in [-0.25, -0.2) is 0 Å². The number of aromatic nitrogens is 2. The van der Waals surface area contributed by atoms with Crippen LogP contribution in [0.15, 0.2) is 12.3 Å². The van der Waals surface area contributed by atoms with Crippen LogP contribution in [0.2, 0.25) is 0 Å². The third kappa shape index (κ3) is 1.19. The molecule has 1 unspecified atom stereocenters. The van der Waals surface area contributed by atoms with Gasteiger partial charge in [-0.05, 0) is 19.9 Å². The Kier molecular flexibility index (Phi) is 2.06. The van der Waals surface area contributed by atoms with Crippen LogP contribution in [0.3, 0.4) is 0 Å². The van der Waals surface area contributed by atoms with Crippen molar-refractivity contribution in [3.8, 4) is 0 Å². The van der Waals surface area contributed by atoms with Gasteiger partial charge in [0.05, 0.1) is 5.69 Å². The Balaban J connectivity index is 2.90. The zero-order chi connectivity index (χ0) is 7.56. The molecule has 1 rings (SSSR count). The topological polar surface area (TPSA) is 43.8 Å². The van der Waals surface area contributed by atoms with Crippen molar-refractivity contribution < 1.29 is 0 Å². The van der Waals surface area contributed by atoms with Crippen molar-refractivity contribution in [1.29, 1.82) is 0 Å². The smallest absolute Gasteiger partial charge is 0.0548 e. The highest BCUT2D eigenvalue weighted by molar-refractivity contribution is 5.04. The quantitative estimate of drug-likeness (QED) is 0.662. The predicted molar refractivity (Wildman–Crippen MR) is 40.5 cm³/mol. The van der Waals surface area contributed by atoms with Crippen LogP contribution >= 0.6 is 0 Å². The van der Waals surface area contributed by atoms with Crippen LogP contribution in [0.5, 0.6) is 0 Å². The molecule has 1 heterocycles. The summed E-state index contributed by atoms with van der Waals surface area (Å²) < 4.78 is 1.91. The lowest BCUT2D eigenvalue weighted by Crippen LogP contribution is -2.12. The molecule has 0 aliphatic carbocycles. The van der Waals surface area contributed by atoms with Gasteiger partial charge in [-0.2, -0.15) is 5.10 Å². The standard InChI is InChI=1S/C7H13N3/c1-3-10-7(6(2)8)4-5-9-10/h4-6H,3,8H2,1-2H3. The van der Waals surface area contributed by atoms with Crippen LogP contribution in [0.25, 0.3) is 0 Å². The van der Waals surface area contributed by atoms with Crippen LogP contribution in [0.1, 0.15) is 25.6 Å². The van der Waals surface area contributed by atoms with Crippen LogP contribution in [0, 0.1) is 0 Å². The fourth-order valence-electron chi connectivity index (χ4n) is 0.994. The molecule has 3 heteroatoms. The molecule has 3 nitrogen and oxygen atoms in total. The monoisotopic (exact) mass is 139 g/mol. The molecule has 0 saturated carbocycles. The zero-order valence-electron chi connectivity index (χ0n) is 6.41. The van der Waals surface area contributed by atoms with Gasteiger partial charge in [-0.3, -0.25) is 4.68 Å². The second-order valence-electron chi connectivity index (χ2n) is 2.36. The largest absolute Gasteiger partial charge is 0.323 e. The van der Waals surface area contributed by atoms with Crippen molar-refractivity contribution >= 4 is 0 Å². The van der Waals surface area contributed by atoms with Crippen molar-refractivity contribution in [2.45, 2.75) is 26.4 Å². The summed E-state index contributed by atoms with van der Waals surface area (Å²) in [7, 11) is 0. The summed E-state index contributed by atoms with van der Waals surface area (Å²) in [5.74, 6) is 0. The second kappa shape index (κ2) is 2.84. The molecule has 0 aliphatic rings. The van der Waals surface area contributed by atoms with Crippen LogP contribution in [0.4, 0.5) is 0 Å². The van der Waals surface area contributed by atoms with Crippen LogP contribution in [-0.2, 0) is 6.54 Å². The molecule has 0 aromatic carbocycles. The van der Waals surface area contributed by atoms with E-state index in [0.717, 1.165) is 12.2 Å². The summed E-state index contributed by atoms with van der Waals surface area (Å²) in [5.41, 5.74) is 6.77. The Hall–Kier alpha value is -0.830. The Morgan fingerprint density at radius 1 is 1.80 bits per heavy atom. The van der Waals surface area contributed by atoms with Gasteiger partial charge in [0.2, 0.25) is 0 Å². The molecule has 10 heavy (non-hydrogen) atoms. The maximum absolute atomic E-state index is 5.67. The first kappa shape index (κ1) is 7.28. The van der Waals surface area contributed by atoms with Crippen LogP contribution in [-0.4, -0.2) is 9.78 Å². The average Bonchev–Trinajstić information content (AvgIpc) is 2.33. The SMILES string of the molecule is CCn1nccc1C(C)N. The first-order valence-corrected chi connectivity index (χ1v) is 3.53. The summed E-state index contributed by atoms with van der Waals surface area (Å²) in [6.45, 7) is 4.91. The highest BCUT2D eigenvalue weighted by Gasteiger charge is 2.03. The second-order valence-corrected chi connectivity index (χ2v) is 2.36. The number of nitrogens with zero attached hydrogens (tertiary/aromatic N) is 2.